The molecule has 0 unspecified atom stereocenters. The first kappa shape index (κ1) is 16.0. The summed E-state index contributed by atoms with van der Waals surface area (Å²) in [6, 6.07) is 16.5. The van der Waals surface area contributed by atoms with E-state index in [9.17, 15) is 0 Å². The summed E-state index contributed by atoms with van der Waals surface area (Å²) in [5.41, 5.74) is 3.34. The summed E-state index contributed by atoms with van der Waals surface area (Å²) in [4.78, 5) is 4.70. The van der Waals surface area contributed by atoms with E-state index < -0.39 is 0 Å². The molecule has 4 rings (SSSR count). The van der Waals surface area contributed by atoms with E-state index in [1.54, 1.807) is 11.3 Å². The second kappa shape index (κ2) is 7.57. The van der Waals surface area contributed by atoms with E-state index in [0.717, 1.165) is 47.3 Å². The Balaban J connectivity index is 1.41. The summed E-state index contributed by atoms with van der Waals surface area (Å²) in [5.74, 6) is 1.62. The van der Waals surface area contributed by atoms with Crippen molar-refractivity contribution < 1.29 is 9.47 Å². The lowest BCUT2D eigenvalue weighted by molar-refractivity contribution is 0.297. The Labute approximate surface area is 151 Å². The maximum absolute atomic E-state index is 5.77. The van der Waals surface area contributed by atoms with Gasteiger partial charge in [-0.25, -0.2) is 4.98 Å². The molecule has 0 atom stereocenters. The van der Waals surface area contributed by atoms with Gasteiger partial charge in [-0.05, 0) is 30.2 Å². The molecular weight excluding hydrogens is 332 g/mol. The van der Waals surface area contributed by atoms with Gasteiger partial charge in [0.05, 0.1) is 18.9 Å². The highest BCUT2D eigenvalue weighted by Gasteiger charge is 2.13. The zero-order valence-electron chi connectivity index (χ0n) is 13.9. The predicted molar refractivity (Wildman–Crippen MR) is 102 cm³/mol. The van der Waals surface area contributed by atoms with E-state index in [-0.39, 0.29) is 0 Å². The first-order valence-electron chi connectivity index (χ1n) is 8.52. The fourth-order valence-corrected chi connectivity index (χ4v) is 3.52. The van der Waals surface area contributed by atoms with Gasteiger partial charge in [0.2, 0.25) is 0 Å². The van der Waals surface area contributed by atoms with E-state index in [1.165, 1.54) is 5.56 Å². The number of nitrogens with one attached hydrogen (secondary N) is 1. The molecule has 0 aliphatic carbocycles. The lowest BCUT2D eigenvalue weighted by Crippen LogP contribution is -2.04. The summed E-state index contributed by atoms with van der Waals surface area (Å²) in [6.45, 7) is 2.27. The van der Waals surface area contributed by atoms with Crippen LogP contribution in [-0.4, -0.2) is 24.7 Å². The second-order valence-corrected chi connectivity index (χ2v) is 6.77. The summed E-state index contributed by atoms with van der Waals surface area (Å²) >= 11 is 1.63. The molecule has 0 fully saturated rings. The number of hydrogen-bond donors (Lipinski definition) is 1. The second-order valence-electron chi connectivity index (χ2n) is 5.91. The highest BCUT2D eigenvalue weighted by Crippen LogP contribution is 2.35. The third-order valence-electron chi connectivity index (χ3n) is 4.08. The Morgan fingerprint density at radius 3 is 2.72 bits per heavy atom. The number of aromatic nitrogens is 1. The predicted octanol–water partition coefficient (Wildman–Crippen LogP) is 4.63. The molecule has 3 aromatic rings. The molecule has 1 N–H and O–H groups in total. The minimum absolute atomic E-state index is 0.694. The van der Waals surface area contributed by atoms with Crippen molar-refractivity contribution in [1.82, 2.24) is 4.98 Å². The molecule has 1 aliphatic heterocycles. The molecule has 25 heavy (non-hydrogen) atoms. The molecule has 0 bridgehead atoms. The number of ether oxygens (including phenoxy) is 2. The van der Waals surface area contributed by atoms with Crippen molar-refractivity contribution in [2.24, 2.45) is 0 Å². The van der Waals surface area contributed by atoms with E-state index in [4.69, 9.17) is 14.5 Å². The molecule has 0 amide bonds. The zero-order chi connectivity index (χ0) is 16.9. The highest BCUT2D eigenvalue weighted by molar-refractivity contribution is 7.14. The number of rotatable bonds is 5. The third kappa shape index (κ3) is 3.94. The summed E-state index contributed by atoms with van der Waals surface area (Å²) in [7, 11) is 0. The Kier molecular flexibility index (Phi) is 4.84. The van der Waals surface area contributed by atoms with Gasteiger partial charge in [0.15, 0.2) is 16.6 Å². The molecule has 2 aromatic carbocycles. The molecule has 1 aromatic heterocycles. The number of anilines is 1. The lowest BCUT2D eigenvalue weighted by Gasteiger charge is -2.08. The van der Waals surface area contributed by atoms with Crippen molar-refractivity contribution in [3.63, 3.8) is 0 Å². The normalized spacial score (nSPS) is 13.3. The fraction of sp³-hybridized carbons (Fsp3) is 0.250. The van der Waals surface area contributed by atoms with Crippen LogP contribution in [0.15, 0.2) is 53.9 Å². The van der Waals surface area contributed by atoms with Gasteiger partial charge in [0, 0.05) is 23.9 Å². The first-order valence-corrected chi connectivity index (χ1v) is 9.40. The summed E-state index contributed by atoms with van der Waals surface area (Å²) in [6.07, 6.45) is 1.90. The van der Waals surface area contributed by atoms with Crippen molar-refractivity contribution in [2.45, 2.75) is 12.8 Å². The monoisotopic (exact) mass is 352 g/mol. The maximum Gasteiger partial charge on any atom is 0.183 e. The van der Waals surface area contributed by atoms with Crippen LogP contribution in [0.2, 0.25) is 0 Å². The maximum atomic E-state index is 5.77. The average Bonchev–Trinajstić information content (AvgIpc) is 2.99. The van der Waals surface area contributed by atoms with Gasteiger partial charge in [-0.15, -0.1) is 11.3 Å². The van der Waals surface area contributed by atoms with Crippen LogP contribution in [0.5, 0.6) is 11.5 Å². The van der Waals surface area contributed by atoms with Crippen molar-refractivity contribution in [2.75, 3.05) is 25.1 Å². The smallest absolute Gasteiger partial charge is 0.183 e. The van der Waals surface area contributed by atoms with Crippen LogP contribution in [-0.2, 0) is 6.42 Å². The van der Waals surface area contributed by atoms with Gasteiger partial charge < -0.3 is 14.8 Å². The van der Waals surface area contributed by atoms with E-state index in [1.807, 2.05) is 24.3 Å². The van der Waals surface area contributed by atoms with E-state index in [2.05, 4.69) is 35.0 Å². The molecule has 1 aliphatic rings. The average molecular weight is 352 g/mol. The lowest BCUT2D eigenvalue weighted by atomic mass is 10.1. The molecule has 2 heterocycles. The Morgan fingerprint density at radius 2 is 1.84 bits per heavy atom. The Morgan fingerprint density at radius 1 is 1.00 bits per heavy atom. The van der Waals surface area contributed by atoms with Crippen molar-refractivity contribution in [1.29, 1.82) is 0 Å². The largest absolute Gasteiger partial charge is 0.490 e. The minimum Gasteiger partial charge on any atom is -0.490 e. The van der Waals surface area contributed by atoms with Crippen LogP contribution in [0.4, 0.5) is 5.13 Å². The molecular formula is C20H20N2O2S. The summed E-state index contributed by atoms with van der Waals surface area (Å²) < 4.78 is 11.5. The Bertz CT molecular complexity index is 833. The standard InChI is InChI=1S/C20H20N2O2S/c1-2-5-15(6-3-1)9-10-21-20-22-17(14-25-20)16-7-8-18-19(13-16)24-12-4-11-23-18/h1-3,5-8,13-14H,4,9-12H2,(H,21,22). The fourth-order valence-electron chi connectivity index (χ4n) is 2.77. The topological polar surface area (TPSA) is 43.4 Å². The first-order chi connectivity index (χ1) is 12.4. The van der Waals surface area contributed by atoms with Gasteiger partial charge in [-0.1, -0.05) is 30.3 Å². The molecule has 128 valence electrons. The van der Waals surface area contributed by atoms with E-state index >= 15 is 0 Å². The number of fused-ring (bicyclic) bond motifs is 1. The van der Waals surface area contributed by atoms with Gasteiger partial charge in [-0.3, -0.25) is 0 Å². The van der Waals surface area contributed by atoms with Crippen LogP contribution in [0.25, 0.3) is 11.3 Å². The van der Waals surface area contributed by atoms with Crippen molar-refractivity contribution in [3.05, 3.63) is 59.5 Å². The molecule has 5 heteroatoms. The molecule has 0 spiro atoms. The number of nitrogens with zero attached hydrogens (tertiary/aromatic N) is 1. The molecule has 0 radical (unpaired) electrons. The van der Waals surface area contributed by atoms with Crippen LogP contribution in [0.3, 0.4) is 0 Å². The van der Waals surface area contributed by atoms with Crippen LogP contribution < -0.4 is 14.8 Å². The third-order valence-corrected chi connectivity index (χ3v) is 4.88. The quantitative estimate of drug-likeness (QED) is 0.727. The minimum atomic E-state index is 0.694. The number of thiazole rings is 1. The van der Waals surface area contributed by atoms with Gasteiger partial charge >= 0.3 is 0 Å². The van der Waals surface area contributed by atoms with Crippen LogP contribution >= 0.6 is 11.3 Å². The SMILES string of the molecule is c1ccc(CCNc2nc(-c3ccc4c(c3)OCCCO4)cs2)cc1. The number of benzene rings is 2. The van der Waals surface area contributed by atoms with Crippen molar-refractivity contribution >= 4 is 16.5 Å². The zero-order valence-corrected chi connectivity index (χ0v) is 14.7. The van der Waals surface area contributed by atoms with Gasteiger partial charge in [0.25, 0.3) is 0 Å². The summed E-state index contributed by atoms with van der Waals surface area (Å²) in [5, 5.41) is 6.42. The Hall–Kier alpha value is -2.53. The van der Waals surface area contributed by atoms with Gasteiger partial charge in [-0.2, -0.15) is 0 Å². The molecule has 0 saturated carbocycles. The molecule has 0 saturated heterocycles. The highest BCUT2D eigenvalue weighted by atomic mass is 32.1. The van der Waals surface area contributed by atoms with Crippen LogP contribution in [0.1, 0.15) is 12.0 Å². The van der Waals surface area contributed by atoms with E-state index in [0.29, 0.717) is 13.2 Å². The van der Waals surface area contributed by atoms with Crippen LogP contribution in [0, 0.1) is 0 Å². The van der Waals surface area contributed by atoms with Crippen molar-refractivity contribution in [3.8, 4) is 22.8 Å². The van der Waals surface area contributed by atoms with Gasteiger partial charge in [0.1, 0.15) is 0 Å². The number of hydrogen-bond acceptors (Lipinski definition) is 5. The molecule has 4 nitrogen and oxygen atoms in total.